The topological polar surface area (TPSA) is 149 Å². The lowest BCUT2D eigenvalue weighted by molar-refractivity contribution is -0.138. The van der Waals surface area contributed by atoms with Gasteiger partial charge in [-0.15, -0.1) is 0 Å². The van der Waals surface area contributed by atoms with E-state index in [-0.39, 0.29) is 0 Å². The summed E-state index contributed by atoms with van der Waals surface area (Å²) in [7, 11) is -4.67. The quantitative estimate of drug-likeness (QED) is 0.343. The average molecular weight is 358 g/mol. The fourth-order valence-corrected chi connectivity index (χ4v) is 1.41. The van der Waals surface area contributed by atoms with Crippen molar-refractivity contribution in [2.45, 2.75) is 78.1 Å². The first kappa shape index (κ1) is 26.7. The Balaban J connectivity index is -0.000000273. The van der Waals surface area contributed by atoms with Gasteiger partial charge in [0.05, 0.1) is 0 Å². The molecule has 4 N–H and O–H groups in total. The second-order valence-electron chi connectivity index (χ2n) is 4.86. The van der Waals surface area contributed by atoms with Crippen LogP contribution in [0.15, 0.2) is 0 Å². The van der Waals surface area contributed by atoms with Crippen LogP contribution >= 0.6 is 0 Å². The second kappa shape index (κ2) is 18.9. The maximum absolute atomic E-state index is 9.96. The SMILES string of the molecule is CCCCCCC(=O)O.CCCCCCC(=O)O.O=S(=O)(O)O. The molecule has 0 aliphatic heterocycles. The summed E-state index contributed by atoms with van der Waals surface area (Å²) in [5.74, 6) is -1.35. The molecule has 0 heterocycles. The van der Waals surface area contributed by atoms with E-state index >= 15 is 0 Å². The molecule has 9 heteroatoms. The Labute approximate surface area is 138 Å². The molecule has 0 amide bonds. The normalized spacial score (nSPS) is 9.91. The van der Waals surface area contributed by atoms with Crippen LogP contribution in [0.1, 0.15) is 78.1 Å². The number of rotatable bonds is 10. The van der Waals surface area contributed by atoms with Crippen LogP contribution in [-0.4, -0.2) is 39.7 Å². The summed E-state index contributed by atoms with van der Waals surface area (Å²) in [5, 5.41) is 16.4. The highest BCUT2D eigenvalue weighted by molar-refractivity contribution is 7.79. The Morgan fingerprint density at radius 3 is 1.13 bits per heavy atom. The third kappa shape index (κ3) is 63.0. The molecule has 0 atom stereocenters. The van der Waals surface area contributed by atoms with Gasteiger partial charge in [0.2, 0.25) is 0 Å². The van der Waals surface area contributed by atoms with Crippen LogP contribution in [0, 0.1) is 0 Å². The maximum atomic E-state index is 9.96. The van der Waals surface area contributed by atoms with Crippen molar-refractivity contribution in [3.8, 4) is 0 Å². The van der Waals surface area contributed by atoms with Gasteiger partial charge in [-0.05, 0) is 12.8 Å². The number of carboxylic acid groups (broad SMARTS) is 2. The number of unbranched alkanes of at least 4 members (excludes halogenated alkanes) is 6. The van der Waals surface area contributed by atoms with Crippen molar-refractivity contribution in [3.05, 3.63) is 0 Å². The zero-order chi connectivity index (χ0) is 18.7. The molecule has 0 aliphatic rings. The molecule has 8 nitrogen and oxygen atoms in total. The van der Waals surface area contributed by atoms with Gasteiger partial charge in [0.25, 0.3) is 0 Å². The first-order chi connectivity index (χ1) is 10.5. The molecule has 0 unspecified atom stereocenters. The zero-order valence-corrected chi connectivity index (χ0v) is 14.7. The van der Waals surface area contributed by atoms with Gasteiger partial charge in [-0.1, -0.05) is 52.4 Å². The summed E-state index contributed by atoms with van der Waals surface area (Å²) in [5.41, 5.74) is 0. The summed E-state index contributed by atoms with van der Waals surface area (Å²) in [6.07, 6.45) is 9.11. The molecule has 0 saturated carbocycles. The van der Waals surface area contributed by atoms with Crippen LogP contribution in [0.5, 0.6) is 0 Å². The van der Waals surface area contributed by atoms with Crippen molar-refractivity contribution < 1.29 is 37.3 Å². The lowest BCUT2D eigenvalue weighted by atomic mass is 10.2. The summed E-state index contributed by atoms with van der Waals surface area (Å²) in [6.45, 7) is 4.22. The number of carbonyl (C=O) groups is 2. The van der Waals surface area contributed by atoms with Crippen molar-refractivity contribution in [1.82, 2.24) is 0 Å². The number of carboxylic acids is 2. The molecule has 0 radical (unpaired) electrons. The third-order valence-electron chi connectivity index (χ3n) is 2.49. The summed E-state index contributed by atoms with van der Waals surface area (Å²) < 4.78 is 31.6. The van der Waals surface area contributed by atoms with Gasteiger partial charge in [0.15, 0.2) is 0 Å². The molecule has 0 aliphatic carbocycles. The Morgan fingerprint density at radius 1 is 0.696 bits per heavy atom. The standard InChI is InChI=1S/2C7H14O2.H2O4S/c2*1-2-3-4-5-6-7(8)9;1-5(2,3)4/h2*2-6H2,1H3,(H,8,9);(H2,1,2,3,4). The maximum Gasteiger partial charge on any atom is 0.394 e. The van der Waals surface area contributed by atoms with Crippen LogP contribution in [0.2, 0.25) is 0 Å². The van der Waals surface area contributed by atoms with Gasteiger partial charge >= 0.3 is 22.3 Å². The largest absolute Gasteiger partial charge is 0.481 e. The summed E-state index contributed by atoms with van der Waals surface area (Å²) in [4.78, 5) is 19.9. The number of aliphatic carboxylic acids is 2. The highest BCUT2D eigenvalue weighted by Gasteiger charge is 1.94. The van der Waals surface area contributed by atoms with Crippen molar-refractivity contribution in [2.24, 2.45) is 0 Å². The van der Waals surface area contributed by atoms with Crippen LogP contribution in [-0.2, 0) is 20.0 Å². The molecule has 0 fully saturated rings. The molecule has 23 heavy (non-hydrogen) atoms. The first-order valence-electron chi connectivity index (χ1n) is 7.68. The fraction of sp³-hybridized carbons (Fsp3) is 0.857. The predicted octanol–water partition coefficient (Wildman–Crippen LogP) is 3.43. The lowest BCUT2D eigenvalue weighted by Gasteiger charge is -1.92. The van der Waals surface area contributed by atoms with E-state index in [0.29, 0.717) is 12.8 Å². The Morgan fingerprint density at radius 2 is 0.957 bits per heavy atom. The monoisotopic (exact) mass is 358 g/mol. The minimum Gasteiger partial charge on any atom is -0.481 e. The van der Waals surface area contributed by atoms with E-state index in [9.17, 15) is 9.59 Å². The first-order valence-corrected chi connectivity index (χ1v) is 9.07. The van der Waals surface area contributed by atoms with E-state index in [1.807, 2.05) is 0 Å². The second-order valence-corrected chi connectivity index (χ2v) is 5.75. The lowest BCUT2D eigenvalue weighted by Crippen LogP contribution is -1.92. The van der Waals surface area contributed by atoms with Crippen molar-refractivity contribution in [1.29, 1.82) is 0 Å². The van der Waals surface area contributed by atoms with Gasteiger partial charge in [-0.3, -0.25) is 18.7 Å². The van der Waals surface area contributed by atoms with Crippen LogP contribution < -0.4 is 0 Å². The van der Waals surface area contributed by atoms with Gasteiger partial charge < -0.3 is 10.2 Å². The molecule has 0 aromatic rings. The highest BCUT2D eigenvalue weighted by atomic mass is 32.3. The van der Waals surface area contributed by atoms with E-state index < -0.39 is 22.3 Å². The van der Waals surface area contributed by atoms with E-state index in [0.717, 1.165) is 38.5 Å². The molecule has 0 aromatic heterocycles. The zero-order valence-electron chi connectivity index (χ0n) is 13.9. The smallest absolute Gasteiger partial charge is 0.394 e. The molecule has 0 saturated heterocycles. The van der Waals surface area contributed by atoms with Gasteiger partial charge in [-0.2, -0.15) is 8.42 Å². The summed E-state index contributed by atoms with van der Waals surface area (Å²) >= 11 is 0. The molecule has 140 valence electrons. The Hall–Kier alpha value is -1.19. The molecular weight excluding hydrogens is 328 g/mol. The molecule has 0 aromatic carbocycles. The van der Waals surface area contributed by atoms with Crippen LogP contribution in [0.3, 0.4) is 0 Å². The minimum absolute atomic E-state index is 0.333. The van der Waals surface area contributed by atoms with Crippen LogP contribution in [0.25, 0.3) is 0 Å². The summed E-state index contributed by atoms with van der Waals surface area (Å²) in [6, 6.07) is 0. The van der Waals surface area contributed by atoms with Crippen molar-refractivity contribution in [2.75, 3.05) is 0 Å². The fourth-order valence-electron chi connectivity index (χ4n) is 1.41. The molecule has 0 bridgehead atoms. The Bertz CT molecular complexity index is 348. The van der Waals surface area contributed by atoms with Gasteiger partial charge in [0.1, 0.15) is 0 Å². The highest BCUT2D eigenvalue weighted by Crippen LogP contribution is 2.01. The minimum atomic E-state index is -4.67. The van der Waals surface area contributed by atoms with E-state index in [1.165, 1.54) is 12.8 Å². The third-order valence-corrected chi connectivity index (χ3v) is 2.49. The van der Waals surface area contributed by atoms with Crippen molar-refractivity contribution in [3.63, 3.8) is 0 Å². The van der Waals surface area contributed by atoms with Gasteiger partial charge in [-0.25, -0.2) is 0 Å². The van der Waals surface area contributed by atoms with E-state index in [1.54, 1.807) is 0 Å². The average Bonchev–Trinajstić information content (AvgIpc) is 2.38. The van der Waals surface area contributed by atoms with E-state index in [4.69, 9.17) is 27.7 Å². The molecule has 0 rings (SSSR count). The number of hydrogen-bond donors (Lipinski definition) is 4. The molecule has 0 spiro atoms. The Kier molecular flexibility index (Phi) is 21.9. The van der Waals surface area contributed by atoms with E-state index in [2.05, 4.69) is 13.8 Å². The number of hydrogen-bond acceptors (Lipinski definition) is 4. The van der Waals surface area contributed by atoms with Crippen molar-refractivity contribution >= 4 is 22.3 Å². The molecular formula is C14H30O8S. The van der Waals surface area contributed by atoms with Crippen LogP contribution in [0.4, 0.5) is 0 Å². The predicted molar refractivity (Wildman–Crippen MR) is 87.0 cm³/mol. The van der Waals surface area contributed by atoms with Gasteiger partial charge in [0, 0.05) is 12.8 Å².